The molecule has 0 aromatic rings. The van der Waals surface area contributed by atoms with Crippen LogP contribution < -0.4 is 0 Å². The first-order chi connectivity index (χ1) is 6.68. The van der Waals surface area contributed by atoms with E-state index in [0.29, 0.717) is 24.3 Å². The largest absolute Gasteiger partial charge is 0.481 e. The van der Waals surface area contributed by atoms with Crippen molar-refractivity contribution in [1.82, 2.24) is 4.90 Å². The zero-order valence-corrected chi connectivity index (χ0v) is 8.78. The molecule has 1 saturated heterocycles. The van der Waals surface area contributed by atoms with Crippen LogP contribution in [0.15, 0.2) is 0 Å². The third-order valence-electron chi connectivity index (χ3n) is 3.71. The van der Waals surface area contributed by atoms with E-state index in [4.69, 9.17) is 5.11 Å². The van der Waals surface area contributed by atoms with Gasteiger partial charge in [0, 0.05) is 12.5 Å². The molecule has 2 fully saturated rings. The van der Waals surface area contributed by atoms with Gasteiger partial charge in [0.25, 0.3) is 0 Å². The zero-order valence-electron chi connectivity index (χ0n) is 8.78. The maximum Gasteiger partial charge on any atom is 0.303 e. The highest BCUT2D eigenvalue weighted by atomic mass is 16.4. The fraction of sp³-hybridized carbons (Fsp3) is 0.909. The van der Waals surface area contributed by atoms with E-state index in [0.717, 1.165) is 6.54 Å². The Morgan fingerprint density at radius 3 is 2.64 bits per heavy atom. The summed E-state index contributed by atoms with van der Waals surface area (Å²) in [5.74, 6) is 0.499. The molecule has 0 spiro atoms. The summed E-state index contributed by atoms with van der Waals surface area (Å²) >= 11 is 0. The van der Waals surface area contributed by atoms with Crippen LogP contribution in [0.2, 0.25) is 0 Å². The molecule has 3 nitrogen and oxygen atoms in total. The molecular formula is C11H19NO2. The van der Waals surface area contributed by atoms with E-state index in [9.17, 15) is 4.79 Å². The molecule has 1 N–H and O–H groups in total. The Bertz CT molecular complexity index is 225. The van der Waals surface area contributed by atoms with E-state index in [1.54, 1.807) is 0 Å². The van der Waals surface area contributed by atoms with Gasteiger partial charge in [-0.2, -0.15) is 0 Å². The molecule has 1 aliphatic carbocycles. The topological polar surface area (TPSA) is 40.5 Å². The van der Waals surface area contributed by atoms with Crippen LogP contribution in [-0.4, -0.2) is 35.6 Å². The van der Waals surface area contributed by atoms with Gasteiger partial charge in [-0.25, -0.2) is 0 Å². The zero-order chi connectivity index (χ0) is 10.1. The molecule has 1 heterocycles. The number of aliphatic carboxylic acids is 1. The first-order valence-electron chi connectivity index (χ1n) is 5.60. The second-order valence-corrected chi connectivity index (χ2v) is 4.79. The Kier molecular flexibility index (Phi) is 2.77. The van der Waals surface area contributed by atoms with E-state index >= 15 is 0 Å². The van der Waals surface area contributed by atoms with Crippen molar-refractivity contribution < 1.29 is 9.90 Å². The molecule has 1 aliphatic heterocycles. The summed E-state index contributed by atoms with van der Waals surface area (Å²) in [5.41, 5.74) is 0. The fourth-order valence-electron chi connectivity index (χ4n) is 2.82. The Morgan fingerprint density at radius 2 is 2.21 bits per heavy atom. The van der Waals surface area contributed by atoms with Gasteiger partial charge in [0.2, 0.25) is 0 Å². The van der Waals surface area contributed by atoms with Gasteiger partial charge in [0.15, 0.2) is 0 Å². The summed E-state index contributed by atoms with van der Waals surface area (Å²) < 4.78 is 0. The minimum Gasteiger partial charge on any atom is -0.481 e. The van der Waals surface area contributed by atoms with Gasteiger partial charge in [-0.05, 0) is 51.1 Å². The van der Waals surface area contributed by atoms with Crippen molar-refractivity contribution in [2.45, 2.75) is 38.1 Å². The van der Waals surface area contributed by atoms with Crippen LogP contribution in [0.3, 0.4) is 0 Å². The maximum atomic E-state index is 10.8. The Morgan fingerprint density at radius 1 is 1.50 bits per heavy atom. The average molecular weight is 197 g/mol. The molecule has 3 heteroatoms. The highest BCUT2D eigenvalue weighted by Crippen LogP contribution is 2.43. The summed E-state index contributed by atoms with van der Waals surface area (Å²) in [5, 5.41) is 8.89. The second-order valence-electron chi connectivity index (χ2n) is 4.79. The maximum absolute atomic E-state index is 10.8. The summed E-state index contributed by atoms with van der Waals surface area (Å²) in [7, 11) is 2.13. The highest BCUT2D eigenvalue weighted by molar-refractivity contribution is 5.67. The van der Waals surface area contributed by atoms with Gasteiger partial charge in [0.05, 0.1) is 0 Å². The lowest BCUT2D eigenvalue weighted by Gasteiger charge is -2.28. The van der Waals surface area contributed by atoms with E-state index < -0.39 is 5.97 Å². The van der Waals surface area contributed by atoms with Crippen molar-refractivity contribution in [2.75, 3.05) is 13.6 Å². The smallest absolute Gasteiger partial charge is 0.303 e. The van der Waals surface area contributed by atoms with Gasteiger partial charge in [-0.15, -0.1) is 0 Å². The molecule has 2 aliphatic rings. The molecule has 1 saturated carbocycles. The molecular weight excluding hydrogens is 178 g/mol. The summed E-state index contributed by atoms with van der Waals surface area (Å²) in [6, 6.07) is 0.540. The average Bonchev–Trinajstić information content (AvgIpc) is 2.86. The SMILES string of the molecule is CN1CCCC1C(CC(=O)O)C1CC1. The van der Waals surface area contributed by atoms with Gasteiger partial charge in [0.1, 0.15) is 0 Å². The van der Waals surface area contributed by atoms with Crippen molar-refractivity contribution in [3.05, 3.63) is 0 Å². The summed E-state index contributed by atoms with van der Waals surface area (Å²) in [6.45, 7) is 1.15. The van der Waals surface area contributed by atoms with Crippen LogP contribution in [0, 0.1) is 11.8 Å². The Balaban J connectivity index is 1.98. The van der Waals surface area contributed by atoms with E-state index in [-0.39, 0.29) is 0 Å². The van der Waals surface area contributed by atoms with Gasteiger partial charge in [-0.1, -0.05) is 0 Å². The number of hydrogen-bond donors (Lipinski definition) is 1. The van der Waals surface area contributed by atoms with Crippen molar-refractivity contribution >= 4 is 5.97 Å². The van der Waals surface area contributed by atoms with Gasteiger partial charge >= 0.3 is 5.97 Å². The second kappa shape index (κ2) is 3.89. The molecule has 0 aromatic heterocycles. The molecule has 0 aromatic carbocycles. The van der Waals surface area contributed by atoms with E-state index in [1.807, 2.05) is 0 Å². The quantitative estimate of drug-likeness (QED) is 0.744. The van der Waals surface area contributed by atoms with Crippen molar-refractivity contribution in [2.24, 2.45) is 11.8 Å². The third kappa shape index (κ3) is 2.08. The summed E-state index contributed by atoms with van der Waals surface area (Å²) in [6.07, 6.45) is 5.32. The molecule has 80 valence electrons. The number of carboxylic acid groups (broad SMARTS) is 1. The predicted molar refractivity (Wildman–Crippen MR) is 54.1 cm³/mol. The molecule has 2 atom stereocenters. The number of hydrogen-bond acceptors (Lipinski definition) is 2. The molecule has 0 bridgehead atoms. The van der Waals surface area contributed by atoms with Crippen molar-refractivity contribution in [1.29, 1.82) is 0 Å². The van der Waals surface area contributed by atoms with Crippen LogP contribution in [0.25, 0.3) is 0 Å². The standard InChI is InChI=1S/C11H19NO2/c1-12-6-2-3-10(12)9(7-11(13)14)8-4-5-8/h8-10H,2-7H2,1H3,(H,13,14). The molecule has 0 radical (unpaired) electrons. The number of carboxylic acids is 1. The predicted octanol–water partition coefficient (Wildman–Crippen LogP) is 1.58. The lowest BCUT2D eigenvalue weighted by atomic mass is 9.89. The molecule has 0 amide bonds. The van der Waals surface area contributed by atoms with Crippen LogP contribution in [0.1, 0.15) is 32.1 Å². The lowest BCUT2D eigenvalue weighted by Crippen LogP contribution is -2.35. The van der Waals surface area contributed by atoms with E-state index in [2.05, 4.69) is 11.9 Å². The van der Waals surface area contributed by atoms with Crippen LogP contribution in [0.4, 0.5) is 0 Å². The normalized spacial score (nSPS) is 30.5. The fourth-order valence-corrected chi connectivity index (χ4v) is 2.82. The lowest BCUT2D eigenvalue weighted by molar-refractivity contribution is -0.138. The number of carbonyl (C=O) groups is 1. The van der Waals surface area contributed by atoms with Crippen LogP contribution in [0.5, 0.6) is 0 Å². The first kappa shape index (κ1) is 9.97. The van der Waals surface area contributed by atoms with Gasteiger partial charge in [-0.3, -0.25) is 4.79 Å². The Hall–Kier alpha value is -0.570. The first-order valence-corrected chi connectivity index (χ1v) is 5.60. The molecule has 14 heavy (non-hydrogen) atoms. The minimum absolute atomic E-state index is 0.375. The van der Waals surface area contributed by atoms with Crippen molar-refractivity contribution in [3.63, 3.8) is 0 Å². The monoisotopic (exact) mass is 197 g/mol. The van der Waals surface area contributed by atoms with Crippen molar-refractivity contribution in [3.8, 4) is 0 Å². The summed E-state index contributed by atoms with van der Waals surface area (Å²) in [4.78, 5) is 13.1. The number of nitrogens with zero attached hydrogens (tertiary/aromatic N) is 1. The highest BCUT2D eigenvalue weighted by Gasteiger charge is 2.40. The third-order valence-corrected chi connectivity index (χ3v) is 3.71. The molecule has 2 unspecified atom stereocenters. The minimum atomic E-state index is -0.623. The van der Waals surface area contributed by atoms with Crippen LogP contribution in [-0.2, 0) is 4.79 Å². The number of rotatable bonds is 4. The Labute approximate surface area is 85.1 Å². The molecule has 2 rings (SSSR count). The van der Waals surface area contributed by atoms with Crippen LogP contribution >= 0.6 is 0 Å². The van der Waals surface area contributed by atoms with E-state index in [1.165, 1.54) is 25.7 Å². The number of likely N-dealkylation sites (tertiary alicyclic amines) is 1. The van der Waals surface area contributed by atoms with Gasteiger partial charge < -0.3 is 10.0 Å².